The summed E-state index contributed by atoms with van der Waals surface area (Å²) in [5.41, 5.74) is 0.536. The lowest BCUT2D eigenvalue weighted by Crippen LogP contribution is -2.24. The summed E-state index contributed by atoms with van der Waals surface area (Å²) in [7, 11) is 0. The number of halogens is 3. The summed E-state index contributed by atoms with van der Waals surface area (Å²) in [5, 5.41) is 6.57. The van der Waals surface area contributed by atoms with Gasteiger partial charge in [-0.25, -0.2) is 0 Å². The van der Waals surface area contributed by atoms with Crippen molar-refractivity contribution in [2.75, 3.05) is 19.6 Å². The minimum atomic E-state index is -4.64. The highest BCUT2D eigenvalue weighted by molar-refractivity contribution is 5.33. The van der Waals surface area contributed by atoms with Gasteiger partial charge < -0.3 is 15.4 Å². The molecule has 1 saturated heterocycles. The molecule has 2 N–H and O–H groups in total. The van der Waals surface area contributed by atoms with E-state index >= 15 is 0 Å². The van der Waals surface area contributed by atoms with Crippen LogP contribution in [-0.2, 0) is 6.54 Å². The topological polar surface area (TPSA) is 33.3 Å². The minimum absolute atomic E-state index is 0.120. The van der Waals surface area contributed by atoms with Gasteiger partial charge >= 0.3 is 6.36 Å². The number of piperidine rings is 1. The molecule has 2 fully saturated rings. The SMILES string of the molecule is FC(F)(F)Oc1ccccc1CNCC1C2CNCC12. The quantitative estimate of drug-likeness (QED) is 0.870. The van der Waals surface area contributed by atoms with Crippen molar-refractivity contribution in [1.29, 1.82) is 0 Å². The van der Waals surface area contributed by atoms with Crippen LogP contribution in [0.1, 0.15) is 5.56 Å². The van der Waals surface area contributed by atoms with Crippen molar-refractivity contribution in [1.82, 2.24) is 10.6 Å². The number of nitrogens with one attached hydrogen (secondary N) is 2. The molecule has 1 aromatic rings. The first-order valence-corrected chi connectivity index (χ1v) is 6.80. The van der Waals surface area contributed by atoms with Crippen LogP contribution in [0.25, 0.3) is 0 Å². The Hall–Kier alpha value is -1.27. The zero-order valence-electron chi connectivity index (χ0n) is 10.9. The molecule has 1 heterocycles. The van der Waals surface area contributed by atoms with Gasteiger partial charge in [-0.1, -0.05) is 18.2 Å². The van der Waals surface area contributed by atoms with E-state index in [2.05, 4.69) is 15.4 Å². The molecule has 3 rings (SSSR count). The number of benzene rings is 1. The minimum Gasteiger partial charge on any atom is -0.405 e. The van der Waals surface area contributed by atoms with Crippen LogP contribution >= 0.6 is 0 Å². The zero-order valence-corrected chi connectivity index (χ0v) is 10.9. The predicted octanol–water partition coefficient (Wildman–Crippen LogP) is 2.14. The fraction of sp³-hybridized carbons (Fsp3) is 0.571. The lowest BCUT2D eigenvalue weighted by Gasteiger charge is -2.14. The van der Waals surface area contributed by atoms with Gasteiger partial charge in [-0.05, 0) is 43.5 Å². The highest BCUT2D eigenvalue weighted by Gasteiger charge is 2.51. The summed E-state index contributed by atoms with van der Waals surface area (Å²) < 4.78 is 40.9. The summed E-state index contributed by atoms with van der Waals surface area (Å²) in [4.78, 5) is 0. The average molecular weight is 286 g/mol. The molecule has 0 radical (unpaired) electrons. The van der Waals surface area contributed by atoms with Crippen molar-refractivity contribution in [2.24, 2.45) is 17.8 Å². The van der Waals surface area contributed by atoms with Crippen molar-refractivity contribution in [2.45, 2.75) is 12.9 Å². The van der Waals surface area contributed by atoms with Crippen molar-refractivity contribution < 1.29 is 17.9 Å². The van der Waals surface area contributed by atoms with Crippen LogP contribution in [0.3, 0.4) is 0 Å². The molecule has 6 heteroatoms. The monoisotopic (exact) mass is 286 g/mol. The molecule has 0 spiro atoms. The van der Waals surface area contributed by atoms with Gasteiger partial charge in [0, 0.05) is 12.1 Å². The molecule has 0 bridgehead atoms. The first-order valence-electron chi connectivity index (χ1n) is 6.80. The fourth-order valence-corrected chi connectivity index (χ4v) is 3.10. The first kappa shape index (κ1) is 13.7. The summed E-state index contributed by atoms with van der Waals surface area (Å²) in [6.45, 7) is 3.41. The van der Waals surface area contributed by atoms with Gasteiger partial charge in [0.2, 0.25) is 0 Å². The van der Waals surface area contributed by atoms with E-state index in [-0.39, 0.29) is 5.75 Å². The van der Waals surface area contributed by atoms with Crippen LogP contribution in [0, 0.1) is 17.8 Å². The Morgan fingerprint density at radius 2 is 1.90 bits per heavy atom. The standard InChI is InChI=1S/C14H17F3N2O/c15-14(16,17)20-13-4-2-1-3-9(13)5-18-6-10-11-7-19-8-12(10)11/h1-4,10-12,18-19H,5-8H2. The lowest BCUT2D eigenvalue weighted by molar-refractivity contribution is -0.274. The second-order valence-electron chi connectivity index (χ2n) is 5.44. The van der Waals surface area contributed by atoms with Gasteiger partial charge in [-0.15, -0.1) is 13.2 Å². The number of hydrogen-bond acceptors (Lipinski definition) is 3. The Bertz CT molecular complexity index is 468. The molecule has 20 heavy (non-hydrogen) atoms. The number of ether oxygens (including phenoxy) is 1. The molecule has 3 nitrogen and oxygen atoms in total. The molecule has 0 aromatic heterocycles. The van der Waals surface area contributed by atoms with E-state index in [1.165, 1.54) is 6.07 Å². The molecule has 110 valence electrons. The van der Waals surface area contributed by atoms with Gasteiger partial charge in [0.05, 0.1) is 0 Å². The predicted molar refractivity (Wildman–Crippen MR) is 68.2 cm³/mol. The third kappa shape index (κ3) is 3.07. The average Bonchev–Trinajstić information content (AvgIpc) is 2.82. The molecule has 1 saturated carbocycles. The third-order valence-corrected chi connectivity index (χ3v) is 4.16. The van der Waals surface area contributed by atoms with Crippen molar-refractivity contribution >= 4 is 0 Å². The van der Waals surface area contributed by atoms with Gasteiger partial charge in [-0.2, -0.15) is 0 Å². The van der Waals surface area contributed by atoms with Crippen LogP contribution in [-0.4, -0.2) is 26.0 Å². The number of rotatable bonds is 5. The van der Waals surface area contributed by atoms with Crippen LogP contribution in [0.15, 0.2) is 24.3 Å². The zero-order chi connectivity index (χ0) is 14.2. The largest absolute Gasteiger partial charge is 0.573 e. The van der Waals surface area contributed by atoms with Gasteiger partial charge in [0.25, 0.3) is 0 Å². The van der Waals surface area contributed by atoms with Crippen LogP contribution in [0.4, 0.5) is 13.2 Å². The Morgan fingerprint density at radius 1 is 1.20 bits per heavy atom. The maximum atomic E-state index is 12.3. The molecule has 2 atom stereocenters. The summed E-state index contributed by atoms with van der Waals surface area (Å²) >= 11 is 0. The fourth-order valence-electron chi connectivity index (χ4n) is 3.10. The smallest absolute Gasteiger partial charge is 0.405 e. The van der Waals surface area contributed by atoms with Crippen LogP contribution < -0.4 is 15.4 Å². The summed E-state index contributed by atoms with van der Waals surface area (Å²) in [6, 6.07) is 6.27. The molecular formula is C14H17F3N2O. The third-order valence-electron chi connectivity index (χ3n) is 4.16. The Labute approximate surface area is 115 Å². The number of para-hydroxylation sites is 1. The van der Waals surface area contributed by atoms with Gasteiger partial charge in [-0.3, -0.25) is 0 Å². The molecule has 1 aliphatic heterocycles. The molecule has 0 amide bonds. The van der Waals surface area contributed by atoms with Crippen molar-refractivity contribution in [3.05, 3.63) is 29.8 Å². The highest BCUT2D eigenvalue weighted by atomic mass is 19.4. The van der Waals surface area contributed by atoms with Gasteiger partial charge in [0.1, 0.15) is 5.75 Å². The van der Waals surface area contributed by atoms with Gasteiger partial charge in [0.15, 0.2) is 0 Å². The van der Waals surface area contributed by atoms with Crippen LogP contribution in [0.5, 0.6) is 5.75 Å². The van der Waals surface area contributed by atoms with E-state index in [0.29, 0.717) is 18.0 Å². The number of alkyl halides is 3. The van der Waals surface area contributed by atoms with Crippen molar-refractivity contribution in [3.63, 3.8) is 0 Å². The molecule has 2 unspecified atom stereocenters. The molecule has 1 aliphatic carbocycles. The molecule has 1 aromatic carbocycles. The molecule has 2 aliphatic rings. The second kappa shape index (κ2) is 5.26. The number of hydrogen-bond donors (Lipinski definition) is 2. The lowest BCUT2D eigenvalue weighted by atomic mass is 10.2. The van der Waals surface area contributed by atoms with E-state index in [0.717, 1.165) is 31.5 Å². The van der Waals surface area contributed by atoms with E-state index < -0.39 is 6.36 Å². The van der Waals surface area contributed by atoms with E-state index in [4.69, 9.17) is 0 Å². The normalized spacial score (nSPS) is 28.2. The van der Waals surface area contributed by atoms with E-state index in [9.17, 15) is 13.2 Å². The second-order valence-corrected chi connectivity index (χ2v) is 5.44. The maximum absolute atomic E-state index is 12.3. The number of fused-ring (bicyclic) bond motifs is 1. The van der Waals surface area contributed by atoms with Crippen molar-refractivity contribution in [3.8, 4) is 5.75 Å². The Balaban J connectivity index is 1.52. The first-order chi connectivity index (χ1) is 9.54. The Kier molecular flexibility index (Phi) is 3.60. The molecular weight excluding hydrogens is 269 g/mol. The van der Waals surface area contributed by atoms with Crippen LogP contribution in [0.2, 0.25) is 0 Å². The summed E-state index contributed by atoms with van der Waals surface area (Å²) in [5.74, 6) is 2.06. The maximum Gasteiger partial charge on any atom is 0.573 e. The van der Waals surface area contributed by atoms with E-state index in [1.807, 2.05) is 0 Å². The summed E-state index contributed by atoms with van der Waals surface area (Å²) in [6.07, 6.45) is -4.64. The Morgan fingerprint density at radius 3 is 2.60 bits per heavy atom. The van der Waals surface area contributed by atoms with E-state index in [1.54, 1.807) is 18.2 Å². The highest BCUT2D eigenvalue weighted by Crippen LogP contribution is 2.48.